The van der Waals surface area contributed by atoms with Gasteiger partial charge in [-0.15, -0.1) is 0 Å². The molecule has 6 nitrogen and oxygen atoms in total. The van der Waals surface area contributed by atoms with Crippen molar-refractivity contribution in [2.24, 2.45) is 4.99 Å². The quantitative estimate of drug-likeness (QED) is 0.411. The first-order chi connectivity index (χ1) is 16.7. The summed E-state index contributed by atoms with van der Waals surface area (Å²) in [5.41, 5.74) is 0.630. The summed E-state index contributed by atoms with van der Waals surface area (Å²) >= 11 is 5.63. The van der Waals surface area contributed by atoms with E-state index in [2.05, 4.69) is 20.6 Å². The van der Waals surface area contributed by atoms with Gasteiger partial charge in [0.15, 0.2) is 0 Å². The van der Waals surface area contributed by atoms with Gasteiger partial charge in [0, 0.05) is 30.1 Å². The molecule has 0 radical (unpaired) electrons. The van der Waals surface area contributed by atoms with Crippen LogP contribution in [-0.4, -0.2) is 29.8 Å². The van der Waals surface area contributed by atoms with Gasteiger partial charge in [0.25, 0.3) is 5.91 Å². The SMILES string of the molecule is C/C(=C\c1cccc(Oc2ccnc(C3=NCCN3)c2)c1)C(=O)Nc1ccc(Cl)c(C(F)(F)F)c1. The van der Waals surface area contributed by atoms with E-state index in [1.807, 2.05) is 0 Å². The van der Waals surface area contributed by atoms with Crippen molar-refractivity contribution in [3.05, 3.63) is 88.2 Å². The zero-order chi connectivity index (χ0) is 25.0. The molecule has 0 aliphatic carbocycles. The van der Waals surface area contributed by atoms with E-state index in [9.17, 15) is 18.0 Å². The number of carbonyl (C=O) groups excluding carboxylic acids is 1. The number of amidine groups is 1. The van der Waals surface area contributed by atoms with Crippen molar-refractivity contribution in [2.45, 2.75) is 13.1 Å². The fourth-order valence-electron chi connectivity index (χ4n) is 3.34. The molecule has 0 saturated heterocycles. The van der Waals surface area contributed by atoms with Crippen LogP contribution >= 0.6 is 11.6 Å². The maximum Gasteiger partial charge on any atom is 0.417 e. The summed E-state index contributed by atoms with van der Waals surface area (Å²) in [7, 11) is 0. The molecule has 0 fully saturated rings. The number of nitrogens with zero attached hydrogens (tertiary/aromatic N) is 2. The molecule has 2 heterocycles. The number of aliphatic imine (C=N–C) groups is 1. The number of pyridine rings is 1. The number of hydrogen-bond acceptors (Lipinski definition) is 5. The Kier molecular flexibility index (Phi) is 7.07. The molecule has 0 bridgehead atoms. The lowest BCUT2D eigenvalue weighted by molar-refractivity contribution is -0.137. The van der Waals surface area contributed by atoms with Crippen LogP contribution in [0.2, 0.25) is 5.02 Å². The molecular weight excluding hydrogens is 481 g/mol. The minimum atomic E-state index is -4.63. The van der Waals surface area contributed by atoms with Crippen molar-refractivity contribution in [3.8, 4) is 11.5 Å². The molecule has 0 unspecified atom stereocenters. The van der Waals surface area contributed by atoms with E-state index >= 15 is 0 Å². The second kappa shape index (κ2) is 10.2. The molecule has 1 aliphatic heterocycles. The van der Waals surface area contributed by atoms with E-state index in [0.717, 1.165) is 24.5 Å². The molecule has 2 N–H and O–H groups in total. The number of benzene rings is 2. The zero-order valence-electron chi connectivity index (χ0n) is 18.5. The van der Waals surface area contributed by atoms with E-state index < -0.39 is 22.7 Å². The Morgan fingerprint density at radius 1 is 1.14 bits per heavy atom. The van der Waals surface area contributed by atoms with Crippen LogP contribution in [0.3, 0.4) is 0 Å². The number of halogens is 4. The maximum absolute atomic E-state index is 13.1. The molecule has 1 aliphatic rings. The maximum atomic E-state index is 13.1. The molecular formula is C25H20ClF3N4O2. The molecule has 35 heavy (non-hydrogen) atoms. The summed E-state index contributed by atoms with van der Waals surface area (Å²) in [6, 6.07) is 13.8. The lowest BCUT2D eigenvalue weighted by Gasteiger charge is -2.12. The van der Waals surface area contributed by atoms with Gasteiger partial charge in [0.1, 0.15) is 23.0 Å². The standard InChI is InChI=1S/C25H20ClF3N4O2/c1-15(24(34)33-17-5-6-21(26)20(13-17)25(27,28)29)11-16-3-2-4-18(12-16)35-19-7-8-30-22(14-19)23-31-9-10-32-23/h2-8,11-14H,9-10H2,1H3,(H,31,32)(H,33,34)/b15-11+. The predicted molar refractivity (Wildman–Crippen MR) is 129 cm³/mol. The Morgan fingerprint density at radius 2 is 1.94 bits per heavy atom. The van der Waals surface area contributed by atoms with E-state index in [4.69, 9.17) is 16.3 Å². The van der Waals surface area contributed by atoms with Gasteiger partial charge in [0.2, 0.25) is 0 Å². The summed E-state index contributed by atoms with van der Waals surface area (Å²) in [4.78, 5) is 21.2. The lowest BCUT2D eigenvalue weighted by Crippen LogP contribution is -2.20. The second-order valence-electron chi connectivity index (χ2n) is 7.68. The highest BCUT2D eigenvalue weighted by Crippen LogP contribution is 2.36. The van der Waals surface area contributed by atoms with Crippen molar-refractivity contribution in [3.63, 3.8) is 0 Å². The Hall–Kier alpha value is -3.85. The minimum Gasteiger partial charge on any atom is -0.457 e. The summed E-state index contributed by atoms with van der Waals surface area (Å²) in [6.07, 6.45) is -1.38. The van der Waals surface area contributed by atoms with Gasteiger partial charge in [-0.1, -0.05) is 23.7 Å². The van der Waals surface area contributed by atoms with Crippen LogP contribution in [0.25, 0.3) is 6.08 Å². The molecule has 2 aromatic carbocycles. The topological polar surface area (TPSA) is 75.6 Å². The van der Waals surface area contributed by atoms with E-state index in [0.29, 0.717) is 34.9 Å². The van der Waals surface area contributed by atoms with Crippen LogP contribution < -0.4 is 15.4 Å². The lowest BCUT2D eigenvalue weighted by atomic mass is 10.1. The van der Waals surface area contributed by atoms with Gasteiger partial charge >= 0.3 is 6.18 Å². The zero-order valence-corrected chi connectivity index (χ0v) is 19.2. The average molecular weight is 501 g/mol. The number of ether oxygens (including phenoxy) is 1. The summed E-state index contributed by atoms with van der Waals surface area (Å²) < 4.78 is 45.2. The van der Waals surface area contributed by atoms with Crippen LogP contribution in [0, 0.1) is 0 Å². The Bertz CT molecular complexity index is 1320. The van der Waals surface area contributed by atoms with Gasteiger partial charge in [-0.2, -0.15) is 13.2 Å². The molecule has 10 heteroatoms. The highest BCUT2D eigenvalue weighted by Gasteiger charge is 2.33. The van der Waals surface area contributed by atoms with Crippen molar-refractivity contribution in [1.29, 1.82) is 0 Å². The summed E-state index contributed by atoms with van der Waals surface area (Å²) in [5, 5.41) is 5.19. The summed E-state index contributed by atoms with van der Waals surface area (Å²) in [6.45, 7) is 3.03. The second-order valence-corrected chi connectivity index (χ2v) is 8.09. The van der Waals surface area contributed by atoms with Crippen LogP contribution in [0.5, 0.6) is 11.5 Å². The highest BCUT2D eigenvalue weighted by molar-refractivity contribution is 6.31. The van der Waals surface area contributed by atoms with E-state index in [-0.39, 0.29) is 5.69 Å². The molecule has 4 rings (SSSR count). The van der Waals surface area contributed by atoms with Crippen LogP contribution in [0.15, 0.2) is 71.4 Å². The van der Waals surface area contributed by atoms with E-state index in [1.54, 1.807) is 55.6 Å². The number of carbonyl (C=O) groups is 1. The largest absolute Gasteiger partial charge is 0.457 e. The number of alkyl halides is 3. The molecule has 0 spiro atoms. The first kappa shape index (κ1) is 24.3. The normalized spacial score (nSPS) is 13.7. The number of amides is 1. The molecule has 0 atom stereocenters. The van der Waals surface area contributed by atoms with Crippen molar-refractivity contribution in [1.82, 2.24) is 10.3 Å². The number of anilines is 1. The highest BCUT2D eigenvalue weighted by atomic mass is 35.5. The van der Waals surface area contributed by atoms with E-state index in [1.165, 1.54) is 6.07 Å². The predicted octanol–water partition coefficient (Wildman–Crippen LogP) is 5.94. The number of hydrogen-bond donors (Lipinski definition) is 2. The average Bonchev–Trinajstić information content (AvgIpc) is 3.35. The molecule has 1 aromatic heterocycles. The Balaban J connectivity index is 1.47. The van der Waals surface area contributed by atoms with Crippen molar-refractivity contribution >= 4 is 35.1 Å². The number of aromatic nitrogens is 1. The minimum absolute atomic E-state index is 0.00796. The van der Waals surface area contributed by atoms with Gasteiger partial charge in [0.05, 0.1) is 17.1 Å². The van der Waals surface area contributed by atoms with Gasteiger partial charge < -0.3 is 15.4 Å². The van der Waals surface area contributed by atoms with Gasteiger partial charge in [-0.05, 0) is 55.0 Å². The Morgan fingerprint density at radius 3 is 2.69 bits per heavy atom. The van der Waals surface area contributed by atoms with Crippen molar-refractivity contribution < 1.29 is 22.7 Å². The fraction of sp³-hybridized carbons (Fsp3) is 0.160. The molecule has 1 amide bonds. The Labute approximate surface area is 204 Å². The number of rotatable bonds is 6. The van der Waals surface area contributed by atoms with Crippen LogP contribution in [0.4, 0.5) is 18.9 Å². The smallest absolute Gasteiger partial charge is 0.417 e. The summed E-state index contributed by atoms with van der Waals surface area (Å²) in [5.74, 6) is 1.29. The fourth-order valence-corrected chi connectivity index (χ4v) is 3.57. The third kappa shape index (κ3) is 6.19. The first-order valence-electron chi connectivity index (χ1n) is 10.6. The monoisotopic (exact) mass is 500 g/mol. The van der Waals surface area contributed by atoms with Crippen LogP contribution in [-0.2, 0) is 11.0 Å². The number of nitrogens with one attached hydrogen (secondary N) is 2. The first-order valence-corrected chi connectivity index (χ1v) is 11.0. The molecule has 180 valence electrons. The third-order valence-electron chi connectivity index (χ3n) is 5.01. The van der Waals surface area contributed by atoms with Gasteiger partial charge in [-0.25, -0.2) is 0 Å². The third-order valence-corrected chi connectivity index (χ3v) is 5.34. The molecule has 3 aromatic rings. The van der Waals surface area contributed by atoms with Gasteiger partial charge in [-0.3, -0.25) is 14.8 Å². The van der Waals surface area contributed by atoms with Crippen LogP contribution in [0.1, 0.15) is 23.7 Å². The van der Waals surface area contributed by atoms with Crippen molar-refractivity contribution in [2.75, 3.05) is 18.4 Å². The molecule has 0 saturated carbocycles.